The molecule has 0 aliphatic heterocycles. The van der Waals surface area contributed by atoms with E-state index < -0.39 is 0 Å². The molecule has 0 fully saturated rings. The summed E-state index contributed by atoms with van der Waals surface area (Å²) < 4.78 is 19.1. The first kappa shape index (κ1) is 32.8. The van der Waals surface area contributed by atoms with E-state index in [0.717, 1.165) is 38.7 Å². The summed E-state index contributed by atoms with van der Waals surface area (Å²) in [5.74, 6) is 0.520. The lowest BCUT2D eigenvalue weighted by atomic mass is 9.69. The van der Waals surface area contributed by atoms with Gasteiger partial charge in [0, 0.05) is 24.1 Å². The van der Waals surface area contributed by atoms with Crippen LogP contribution in [0.3, 0.4) is 0 Å². The first-order valence-corrected chi connectivity index (χ1v) is 13.3. The molecule has 33 heavy (non-hydrogen) atoms. The van der Waals surface area contributed by atoms with Crippen LogP contribution in [0, 0.1) is 22.2 Å². The van der Waals surface area contributed by atoms with Crippen LogP contribution in [0.4, 0.5) is 0 Å². The molecule has 0 heterocycles. The predicted molar refractivity (Wildman–Crippen MR) is 143 cm³/mol. The van der Waals surface area contributed by atoms with Crippen LogP contribution in [0.25, 0.3) is 0 Å². The number of hydrogen-bond donors (Lipinski definition) is 2. The lowest BCUT2D eigenvalue weighted by Crippen LogP contribution is -2.45. The predicted octanol–water partition coefficient (Wildman–Crippen LogP) is 6.17. The van der Waals surface area contributed by atoms with E-state index in [-0.39, 0.29) is 33.9 Å². The van der Waals surface area contributed by atoms with Gasteiger partial charge in [0.2, 0.25) is 0 Å². The highest BCUT2D eigenvalue weighted by Gasteiger charge is 2.41. The van der Waals surface area contributed by atoms with Crippen LogP contribution in [-0.4, -0.2) is 50.7 Å². The molecule has 0 saturated carbocycles. The van der Waals surface area contributed by atoms with Gasteiger partial charge in [0.15, 0.2) is 0 Å². The fraction of sp³-hybridized carbons (Fsp3) is 1.00. The summed E-state index contributed by atoms with van der Waals surface area (Å²) in [6, 6.07) is 0.129. The van der Waals surface area contributed by atoms with Crippen LogP contribution in [0.2, 0.25) is 0 Å². The third-order valence-electron chi connectivity index (χ3n) is 6.63. The topological polar surface area (TPSA) is 79.7 Å². The Hall–Kier alpha value is -0.200. The zero-order valence-corrected chi connectivity index (χ0v) is 24.2. The second kappa shape index (κ2) is 14.4. The summed E-state index contributed by atoms with van der Waals surface area (Å²) in [6.07, 6.45) is 4.77. The minimum Gasteiger partial charge on any atom is -0.380 e. The van der Waals surface area contributed by atoms with Gasteiger partial charge in [0.25, 0.3) is 0 Å². The molecule has 0 rings (SSSR count). The van der Waals surface area contributed by atoms with Crippen molar-refractivity contribution in [2.75, 3.05) is 33.0 Å². The second-order valence-electron chi connectivity index (χ2n) is 13.3. The van der Waals surface area contributed by atoms with Crippen LogP contribution in [0.15, 0.2) is 0 Å². The Morgan fingerprint density at radius 1 is 0.636 bits per heavy atom. The van der Waals surface area contributed by atoms with E-state index in [9.17, 15) is 0 Å². The molecule has 0 saturated heterocycles. The lowest BCUT2D eigenvalue weighted by Gasteiger charge is -2.44. The average molecular weight is 473 g/mol. The molecular weight excluding hydrogens is 412 g/mol. The molecule has 0 spiro atoms. The normalized spacial score (nSPS) is 18.1. The lowest BCUT2D eigenvalue weighted by molar-refractivity contribution is -0.115. The van der Waals surface area contributed by atoms with Gasteiger partial charge >= 0.3 is 0 Å². The third kappa shape index (κ3) is 14.7. The van der Waals surface area contributed by atoms with E-state index in [0.29, 0.717) is 32.3 Å². The molecule has 0 aliphatic carbocycles. The molecule has 5 heteroatoms. The molecule has 200 valence electrons. The average Bonchev–Trinajstić information content (AvgIpc) is 2.66. The van der Waals surface area contributed by atoms with Crippen LogP contribution in [0.5, 0.6) is 0 Å². The Morgan fingerprint density at radius 2 is 1.12 bits per heavy atom. The molecule has 0 aromatic carbocycles. The fourth-order valence-corrected chi connectivity index (χ4v) is 4.78. The highest BCUT2D eigenvalue weighted by atomic mass is 16.5. The molecule has 0 amide bonds. The molecule has 4 unspecified atom stereocenters. The number of hydrogen-bond acceptors (Lipinski definition) is 5. The van der Waals surface area contributed by atoms with Crippen LogP contribution < -0.4 is 11.5 Å². The van der Waals surface area contributed by atoms with Crippen LogP contribution >= 0.6 is 0 Å². The maximum atomic E-state index is 6.51. The van der Waals surface area contributed by atoms with E-state index in [2.05, 4.69) is 76.2 Å². The summed E-state index contributed by atoms with van der Waals surface area (Å²) in [4.78, 5) is 0. The van der Waals surface area contributed by atoms with Crippen molar-refractivity contribution in [3.63, 3.8) is 0 Å². The SMILES string of the molecule is CCC(N)COCC(COCC(CC)C(C)(C)C)(CC(C)(C)C)CC(C)(C)OCC(N)CC. The largest absolute Gasteiger partial charge is 0.380 e. The summed E-state index contributed by atoms with van der Waals surface area (Å²) in [6.45, 7) is 27.8. The van der Waals surface area contributed by atoms with E-state index >= 15 is 0 Å². The minimum absolute atomic E-state index is 0.0634. The van der Waals surface area contributed by atoms with Crippen molar-refractivity contribution >= 4 is 0 Å². The summed E-state index contributed by atoms with van der Waals surface area (Å²) in [5, 5.41) is 0. The van der Waals surface area contributed by atoms with Gasteiger partial charge in [-0.25, -0.2) is 0 Å². The van der Waals surface area contributed by atoms with E-state index in [1.54, 1.807) is 0 Å². The Balaban J connectivity index is 5.71. The molecule has 0 bridgehead atoms. The summed E-state index contributed by atoms with van der Waals surface area (Å²) in [7, 11) is 0. The fourth-order valence-electron chi connectivity index (χ4n) is 4.78. The van der Waals surface area contributed by atoms with Crippen LogP contribution in [0.1, 0.15) is 108 Å². The van der Waals surface area contributed by atoms with Crippen molar-refractivity contribution in [2.45, 2.75) is 126 Å². The summed E-state index contributed by atoms with van der Waals surface area (Å²) >= 11 is 0. The Bertz CT molecular complexity index is 510. The van der Waals surface area contributed by atoms with Crippen molar-refractivity contribution < 1.29 is 14.2 Å². The second-order valence-corrected chi connectivity index (χ2v) is 13.3. The Morgan fingerprint density at radius 3 is 1.55 bits per heavy atom. The number of ether oxygens (including phenoxy) is 3. The van der Waals surface area contributed by atoms with Crippen molar-refractivity contribution in [3.8, 4) is 0 Å². The Labute approximate surface area is 207 Å². The van der Waals surface area contributed by atoms with Crippen LogP contribution in [-0.2, 0) is 14.2 Å². The van der Waals surface area contributed by atoms with Gasteiger partial charge < -0.3 is 25.7 Å². The van der Waals surface area contributed by atoms with Crippen molar-refractivity contribution in [1.82, 2.24) is 0 Å². The van der Waals surface area contributed by atoms with Crippen molar-refractivity contribution in [3.05, 3.63) is 0 Å². The molecule has 0 aromatic rings. The maximum absolute atomic E-state index is 6.51. The molecule has 0 aliphatic rings. The highest BCUT2D eigenvalue weighted by Crippen LogP contribution is 2.42. The van der Waals surface area contributed by atoms with Gasteiger partial charge in [-0.2, -0.15) is 0 Å². The van der Waals surface area contributed by atoms with Gasteiger partial charge in [0.1, 0.15) is 0 Å². The first-order valence-electron chi connectivity index (χ1n) is 13.3. The highest BCUT2D eigenvalue weighted by molar-refractivity contribution is 4.91. The quantitative estimate of drug-likeness (QED) is 0.264. The molecule has 0 aromatic heterocycles. The maximum Gasteiger partial charge on any atom is 0.0634 e. The van der Waals surface area contributed by atoms with Crippen molar-refractivity contribution in [1.29, 1.82) is 0 Å². The van der Waals surface area contributed by atoms with Gasteiger partial charge in [-0.1, -0.05) is 68.7 Å². The molecule has 0 radical (unpaired) electrons. The number of nitrogens with two attached hydrogens (primary N) is 2. The zero-order valence-electron chi connectivity index (χ0n) is 24.2. The van der Waals surface area contributed by atoms with E-state index in [1.807, 2.05) is 0 Å². The molecule has 4 N–H and O–H groups in total. The van der Waals surface area contributed by atoms with E-state index in [1.165, 1.54) is 0 Å². The Kier molecular flexibility index (Phi) is 14.3. The van der Waals surface area contributed by atoms with E-state index in [4.69, 9.17) is 25.7 Å². The molecule has 4 atom stereocenters. The number of rotatable bonds is 17. The van der Waals surface area contributed by atoms with Gasteiger partial charge in [0.05, 0.1) is 32.0 Å². The van der Waals surface area contributed by atoms with Gasteiger partial charge in [-0.05, 0) is 56.3 Å². The van der Waals surface area contributed by atoms with Gasteiger partial charge in [-0.15, -0.1) is 0 Å². The zero-order chi connectivity index (χ0) is 25.9. The monoisotopic (exact) mass is 472 g/mol. The molecule has 5 nitrogen and oxygen atoms in total. The standard InChI is InChI=1S/C28H60N2O3/c1-12-22(26(7,8)9)15-31-20-28(18-25(4,5)6,21-32-16-23(29)13-2)19-27(10,11)33-17-24(30)14-3/h22-24H,12-21,29-30H2,1-11H3. The molecular formula is C28H60N2O3. The third-order valence-corrected chi connectivity index (χ3v) is 6.63. The smallest absolute Gasteiger partial charge is 0.0634 e. The minimum atomic E-state index is -0.328. The summed E-state index contributed by atoms with van der Waals surface area (Å²) in [5.41, 5.74) is 12.2. The van der Waals surface area contributed by atoms with Crippen molar-refractivity contribution in [2.24, 2.45) is 33.6 Å². The van der Waals surface area contributed by atoms with Gasteiger partial charge in [-0.3, -0.25) is 0 Å². The first-order chi connectivity index (χ1) is 15.0.